The minimum atomic E-state index is -0.242. The Morgan fingerprint density at radius 2 is 2.20 bits per heavy atom. The summed E-state index contributed by atoms with van der Waals surface area (Å²) in [5, 5.41) is 12.4. The number of rotatable bonds is 6. The predicted octanol–water partition coefficient (Wildman–Crippen LogP) is 3.63. The van der Waals surface area contributed by atoms with Gasteiger partial charge in [-0.1, -0.05) is 28.9 Å². The Kier molecular flexibility index (Phi) is 5.36. The lowest BCUT2D eigenvalue weighted by Crippen LogP contribution is -2.30. The maximum Gasteiger partial charge on any atom is 0.123 e. The minimum Gasteiger partial charge on any atom is -0.373 e. The molecule has 3 N–H and O–H groups in total. The number of nitrogens with zero attached hydrogens (tertiary/aromatic N) is 3. The van der Waals surface area contributed by atoms with E-state index in [2.05, 4.69) is 15.6 Å². The molecule has 0 saturated carbocycles. The molecule has 132 valence electrons. The van der Waals surface area contributed by atoms with Crippen LogP contribution >= 0.6 is 22.9 Å². The molecular weight excluding hydrogens is 361 g/mol. The quantitative estimate of drug-likeness (QED) is 0.686. The van der Waals surface area contributed by atoms with E-state index in [9.17, 15) is 4.39 Å². The van der Waals surface area contributed by atoms with Gasteiger partial charge in [0.2, 0.25) is 0 Å². The highest BCUT2D eigenvalue weighted by atomic mass is 35.5. The summed E-state index contributed by atoms with van der Waals surface area (Å²) in [6.07, 6.45) is 0.630. The summed E-state index contributed by atoms with van der Waals surface area (Å²) < 4.78 is 15.7. The van der Waals surface area contributed by atoms with Crippen LogP contribution in [0.15, 0.2) is 30.3 Å². The molecule has 3 rings (SSSR count). The van der Waals surface area contributed by atoms with Gasteiger partial charge >= 0.3 is 0 Å². The van der Waals surface area contributed by atoms with Crippen molar-refractivity contribution in [3.8, 4) is 11.3 Å². The van der Waals surface area contributed by atoms with Crippen LogP contribution < -0.4 is 11.1 Å². The third kappa shape index (κ3) is 4.00. The van der Waals surface area contributed by atoms with E-state index in [1.165, 1.54) is 23.5 Å². The van der Waals surface area contributed by atoms with E-state index in [1.54, 1.807) is 10.7 Å². The molecule has 1 atom stereocenters. The molecule has 2 heterocycles. The van der Waals surface area contributed by atoms with Gasteiger partial charge in [-0.05, 0) is 37.1 Å². The number of hydrogen-bond acceptors (Lipinski definition) is 5. The molecule has 1 aromatic carbocycles. The van der Waals surface area contributed by atoms with Crippen molar-refractivity contribution in [3.05, 3.63) is 51.7 Å². The number of thiophene rings is 1. The van der Waals surface area contributed by atoms with Gasteiger partial charge in [-0.2, -0.15) is 0 Å². The molecule has 0 aliphatic heterocycles. The molecular formula is C17H19ClFN5S. The highest BCUT2D eigenvalue weighted by Crippen LogP contribution is 2.39. The van der Waals surface area contributed by atoms with E-state index in [-0.39, 0.29) is 11.9 Å². The predicted molar refractivity (Wildman–Crippen MR) is 101 cm³/mol. The Labute approximate surface area is 154 Å². The van der Waals surface area contributed by atoms with Gasteiger partial charge in [0.05, 0.1) is 16.4 Å². The zero-order valence-corrected chi connectivity index (χ0v) is 15.5. The van der Waals surface area contributed by atoms with E-state index in [4.69, 9.17) is 17.3 Å². The molecule has 0 spiro atoms. The summed E-state index contributed by atoms with van der Waals surface area (Å²) in [5.41, 5.74) is 9.39. The Bertz CT molecular complexity index is 856. The first-order valence-electron chi connectivity index (χ1n) is 7.85. The zero-order valence-electron chi connectivity index (χ0n) is 14.0. The summed E-state index contributed by atoms with van der Waals surface area (Å²) >= 11 is 7.86. The van der Waals surface area contributed by atoms with Gasteiger partial charge < -0.3 is 11.1 Å². The van der Waals surface area contributed by atoms with E-state index in [0.29, 0.717) is 17.3 Å². The Balaban J connectivity index is 1.79. The molecule has 0 radical (unpaired) electrons. The van der Waals surface area contributed by atoms with Gasteiger partial charge in [-0.25, -0.2) is 9.07 Å². The maximum atomic E-state index is 13.4. The van der Waals surface area contributed by atoms with Crippen molar-refractivity contribution >= 4 is 27.9 Å². The molecule has 0 amide bonds. The van der Waals surface area contributed by atoms with Gasteiger partial charge in [0, 0.05) is 25.2 Å². The first kappa shape index (κ1) is 17.8. The first-order chi connectivity index (χ1) is 12.0. The second-order valence-electron chi connectivity index (χ2n) is 5.86. The second kappa shape index (κ2) is 7.51. The Morgan fingerprint density at radius 3 is 2.84 bits per heavy atom. The van der Waals surface area contributed by atoms with Crippen molar-refractivity contribution in [2.75, 3.05) is 11.9 Å². The SMILES string of the molecule is Cc1nnn(C)c1-c1cc(N[C@H](CN)Cc2cccc(F)c2)sc1Cl. The Morgan fingerprint density at radius 1 is 1.40 bits per heavy atom. The van der Waals surface area contributed by atoms with E-state index in [1.807, 2.05) is 26.1 Å². The number of aryl methyl sites for hydroxylation is 2. The highest BCUT2D eigenvalue weighted by molar-refractivity contribution is 7.20. The van der Waals surface area contributed by atoms with Gasteiger partial charge in [0.15, 0.2) is 0 Å². The smallest absolute Gasteiger partial charge is 0.123 e. The number of halogens is 2. The molecule has 25 heavy (non-hydrogen) atoms. The van der Waals surface area contributed by atoms with Crippen molar-refractivity contribution in [2.24, 2.45) is 12.8 Å². The number of nitrogens with one attached hydrogen (secondary N) is 1. The number of anilines is 1. The lowest BCUT2D eigenvalue weighted by molar-refractivity contribution is 0.622. The number of hydrogen-bond donors (Lipinski definition) is 2. The van der Waals surface area contributed by atoms with Crippen molar-refractivity contribution in [1.29, 1.82) is 0 Å². The van der Waals surface area contributed by atoms with Crippen LogP contribution in [0.1, 0.15) is 11.3 Å². The lowest BCUT2D eigenvalue weighted by Gasteiger charge is -2.17. The van der Waals surface area contributed by atoms with Crippen LogP contribution in [0.5, 0.6) is 0 Å². The third-order valence-corrected chi connectivity index (χ3v) is 5.23. The van der Waals surface area contributed by atoms with E-state index in [0.717, 1.165) is 27.5 Å². The zero-order chi connectivity index (χ0) is 18.0. The van der Waals surface area contributed by atoms with Crippen LogP contribution in [0, 0.1) is 12.7 Å². The van der Waals surface area contributed by atoms with Gasteiger partial charge in [-0.15, -0.1) is 16.4 Å². The molecule has 0 saturated heterocycles. The molecule has 0 aliphatic rings. The van der Waals surface area contributed by atoms with E-state index >= 15 is 0 Å². The van der Waals surface area contributed by atoms with Crippen LogP contribution in [0.2, 0.25) is 4.34 Å². The van der Waals surface area contributed by atoms with Gasteiger partial charge in [0.1, 0.15) is 10.2 Å². The fraction of sp³-hybridized carbons (Fsp3) is 0.294. The summed E-state index contributed by atoms with van der Waals surface area (Å²) in [6.45, 7) is 2.32. The summed E-state index contributed by atoms with van der Waals surface area (Å²) in [4.78, 5) is 0. The summed E-state index contributed by atoms with van der Waals surface area (Å²) in [6, 6.07) is 8.52. The normalized spacial score (nSPS) is 12.4. The second-order valence-corrected chi connectivity index (χ2v) is 7.51. The molecule has 8 heteroatoms. The molecule has 2 aromatic heterocycles. The fourth-order valence-electron chi connectivity index (χ4n) is 2.77. The summed E-state index contributed by atoms with van der Waals surface area (Å²) in [5.74, 6) is -0.242. The van der Waals surface area contributed by atoms with Crippen LogP contribution in [0.4, 0.5) is 9.39 Å². The molecule has 0 unspecified atom stereocenters. The monoisotopic (exact) mass is 379 g/mol. The topological polar surface area (TPSA) is 68.8 Å². The van der Waals surface area contributed by atoms with Crippen LogP contribution in [-0.2, 0) is 13.5 Å². The van der Waals surface area contributed by atoms with Crippen molar-refractivity contribution in [3.63, 3.8) is 0 Å². The minimum absolute atomic E-state index is 0.0184. The molecule has 0 bridgehead atoms. The average Bonchev–Trinajstić information content (AvgIpc) is 3.08. The highest BCUT2D eigenvalue weighted by Gasteiger charge is 2.18. The molecule has 0 aliphatic carbocycles. The van der Waals surface area contributed by atoms with Crippen LogP contribution in [0.3, 0.4) is 0 Å². The third-order valence-electron chi connectivity index (χ3n) is 3.94. The maximum absolute atomic E-state index is 13.4. The van der Waals surface area contributed by atoms with Crippen LogP contribution in [-0.4, -0.2) is 27.6 Å². The number of aromatic nitrogens is 3. The van der Waals surface area contributed by atoms with Crippen molar-refractivity contribution < 1.29 is 4.39 Å². The average molecular weight is 380 g/mol. The van der Waals surface area contributed by atoms with Crippen molar-refractivity contribution in [2.45, 2.75) is 19.4 Å². The fourth-order valence-corrected chi connectivity index (χ4v) is 4.03. The molecule has 5 nitrogen and oxygen atoms in total. The van der Waals surface area contributed by atoms with Crippen LogP contribution in [0.25, 0.3) is 11.3 Å². The van der Waals surface area contributed by atoms with E-state index < -0.39 is 0 Å². The standard InChI is InChI=1S/C17H19ClFN5S/c1-10-16(24(2)23-22-10)14-8-15(25-17(14)18)21-13(9-20)7-11-4-3-5-12(19)6-11/h3-6,8,13,21H,7,9,20H2,1-2H3/t13-/m0/s1. The molecule has 0 fully saturated rings. The molecule has 3 aromatic rings. The number of benzene rings is 1. The Hall–Kier alpha value is -1.96. The van der Waals surface area contributed by atoms with Gasteiger partial charge in [-0.3, -0.25) is 0 Å². The number of nitrogens with two attached hydrogens (primary N) is 1. The largest absolute Gasteiger partial charge is 0.373 e. The lowest BCUT2D eigenvalue weighted by atomic mass is 10.1. The summed E-state index contributed by atoms with van der Waals surface area (Å²) in [7, 11) is 1.84. The van der Waals surface area contributed by atoms with Crippen molar-refractivity contribution in [1.82, 2.24) is 15.0 Å². The first-order valence-corrected chi connectivity index (χ1v) is 9.04. The van der Waals surface area contributed by atoms with Gasteiger partial charge in [0.25, 0.3) is 0 Å².